The monoisotopic (exact) mass is 528 g/mol. The molecule has 1 N–H and O–H groups in total. The highest BCUT2D eigenvalue weighted by Crippen LogP contribution is 2.38. The van der Waals surface area contributed by atoms with E-state index >= 15 is 0 Å². The molecule has 5 rings (SSSR count). The van der Waals surface area contributed by atoms with Crippen molar-refractivity contribution < 1.29 is 31.6 Å². The summed E-state index contributed by atoms with van der Waals surface area (Å²) in [5.74, 6) is -3.28. The van der Waals surface area contributed by atoms with Crippen molar-refractivity contribution in [1.29, 1.82) is 5.26 Å². The fraction of sp³-hybridized carbons (Fsp3) is 0.360. The molecule has 0 aliphatic carbocycles. The van der Waals surface area contributed by atoms with Crippen molar-refractivity contribution in [3.05, 3.63) is 64.2 Å². The van der Waals surface area contributed by atoms with Gasteiger partial charge in [-0.3, -0.25) is 19.7 Å². The Morgan fingerprint density at radius 3 is 2.43 bits per heavy atom. The van der Waals surface area contributed by atoms with E-state index < -0.39 is 50.3 Å². The van der Waals surface area contributed by atoms with Crippen LogP contribution < -0.4 is 5.32 Å². The normalized spacial score (nSPS) is 21.1. The second-order valence-electron chi connectivity index (χ2n) is 9.36. The number of carbonyl (C=O) groups excluding carboxylic acids is 3. The number of rotatable bonds is 4. The van der Waals surface area contributed by atoms with E-state index in [4.69, 9.17) is 5.26 Å². The lowest BCUT2D eigenvalue weighted by Gasteiger charge is -2.32. The minimum absolute atomic E-state index is 0.0235. The van der Waals surface area contributed by atoms with E-state index in [1.54, 1.807) is 6.07 Å². The Kier molecular flexibility index (Phi) is 6.29. The molecule has 3 heterocycles. The first-order valence-electron chi connectivity index (χ1n) is 11.8. The summed E-state index contributed by atoms with van der Waals surface area (Å²) in [6.07, 6.45) is 0.896. The second kappa shape index (κ2) is 9.32. The molecule has 0 aromatic heterocycles. The van der Waals surface area contributed by atoms with Crippen LogP contribution in [-0.4, -0.2) is 54.5 Å². The third-order valence-electron chi connectivity index (χ3n) is 7.23. The molecule has 2 fully saturated rings. The number of amides is 3. The number of piperidine rings is 2. The molecule has 2 aromatic carbocycles. The zero-order chi connectivity index (χ0) is 26.5. The van der Waals surface area contributed by atoms with Crippen LogP contribution in [0.1, 0.15) is 58.6 Å². The van der Waals surface area contributed by atoms with Gasteiger partial charge in [-0.2, -0.15) is 9.57 Å². The standard InChI is InChI=1S/C25H22F2N4O5S/c26-16-10-17(19-13-31(25(34)18(19)11-16)21-3-4-23(32)29-24(21)33)15-5-7-30(8-6-15)37(35,36)22-9-14(12-28)1-2-20(22)27/h1-2,9-11,15,21H,3-8,13H2,(H,29,32,33). The van der Waals surface area contributed by atoms with Crippen LogP contribution in [-0.2, 0) is 26.2 Å². The van der Waals surface area contributed by atoms with E-state index in [2.05, 4.69) is 5.32 Å². The third-order valence-corrected chi connectivity index (χ3v) is 9.14. The summed E-state index contributed by atoms with van der Waals surface area (Å²) >= 11 is 0. The molecule has 3 aliphatic rings. The van der Waals surface area contributed by atoms with E-state index in [0.717, 1.165) is 22.5 Å². The number of carbonyl (C=O) groups is 3. The van der Waals surface area contributed by atoms with Crippen molar-refractivity contribution in [3.8, 4) is 6.07 Å². The lowest BCUT2D eigenvalue weighted by atomic mass is 9.86. The predicted octanol–water partition coefficient (Wildman–Crippen LogP) is 2.17. The van der Waals surface area contributed by atoms with Crippen LogP contribution in [0.4, 0.5) is 8.78 Å². The van der Waals surface area contributed by atoms with Gasteiger partial charge in [0.2, 0.25) is 21.8 Å². The van der Waals surface area contributed by atoms with Crippen LogP contribution in [0.15, 0.2) is 35.2 Å². The summed E-state index contributed by atoms with van der Waals surface area (Å²) in [6.45, 7) is 0.166. The lowest BCUT2D eigenvalue weighted by Crippen LogP contribution is -2.52. The van der Waals surface area contributed by atoms with E-state index in [9.17, 15) is 31.6 Å². The smallest absolute Gasteiger partial charge is 0.255 e. The van der Waals surface area contributed by atoms with Gasteiger partial charge < -0.3 is 4.90 Å². The molecule has 192 valence electrons. The summed E-state index contributed by atoms with van der Waals surface area (Å²) < 4.78 is 56.2. The number of nitrogens with zero attached hydrogens (tertiary/aromatic N) is 3. The maximum atomic E-state index is 14.6. The van der Waals surface area contributed by atoms with Gasteiger partial charge in [0.05, 0.1) is 11.6 Å². The molecule has 1 atom stereocenters. The molecule has 0 bridgehead atoms. The maximum absolute atomic E-state index is 14.6. The van der Waals surface area contributed by atoms with E-state index in [1.165, 1.54) is 17.0 Å². The molecule has 0 radical (unpaired) electrons. The van der Waals surface area contributed by atoms with Crippen LogP contribution in [0.25, 0.3) is 0 Å². The molecule has 12 heteroatoms. The van der Waals surface area contributed by atoms with E-state index in [-0.39, 0.29) is 49.5 Å². The Labute approximate surface area is 211 Å². The molecule has 37 heavy (non-hydrogen) atoms. The SMILES string of the molecule is N#Cc1ccc(F)c(S(=O)(=O)N2CCC(c3cc(F)cc4c3CN(C3CCC(=O)NC3=O)C4=O)CC2)c1. The zero-order valence-corrected chi connectivity index (χ0v) is 20.4. The van der Waals surface area contributed by atoms with Crippen LogP contribution in [0.2, 0.25) is 0 Å². The highest BCUT2D eigenvalue weighted by Gasteiger charge is 2.41. The zero-order valence-electron chi connectivity index (χ0n) is 19.5. The Balaban J connectivity index is 1.37. The first-order valence-corrected chi connectivity index (χ1v) is 13.2. The number of sulfonamides is 1. The topological polar surface area (TPSA) is 128 Å². The Morgan fingerprint density at radius 2 is 1.76 bits per heavy atom. The number of benzene rings is 2. The van der Waals surface area contributed by atoms with Crippen molar-refractivity contribution in [3.63, 3.8) is 0 Å². The minimum atomic E-state index is -4.19. The molecule has 9 nitrogen and oxygen atoms in total. The molecule has 2 saturated heterocycles. The van der Waals surface area contributed by atoms with Gasteiger partial charge in [0, 0.05) is 31.6 Å². The van der Waals surface area contributed by atoms with Gasteiger partial charge >= 0.3 is 0 Å². The maximum Gasteiger partial charge on any atom is 0.255 e. The van der Waals surface area contributed by atoms with Crippen LogP contribution in [0.3, 0.4) is 0 Å². The van der Waals surface area contributed by atoms with Crippen LogP contribution in [0.5, 0.6) is 0 Å². The second-order valence-corrected chi connectivity index (χ2v) is 11.3. The van der Waals surface area contributed by atoms with Crippen molar-refractivity contribution in [2.45, 2.75) is 49.1 Å². The molecule has 3 aliphatic heterocycles. The van der Waals surface area contributed by atoms with Crippen LogP contribution in [0, 0.1) is 23.0 Å². The van der Waals surface area contributed by atoms with Crippen LogP contribution >= 0.6 is 0 Å². The number of nitriles is 1. The fourth-order valence-corrected chi connectivity index (χ4v) is 6.89. The third kappa shape index (κ3) is 4.38. The lowest BCUT2D eigenvalue weighted by molar-refractivity contribution is -0.136. The summed E-state index contributed by atoms with van der Waals surface area (Å²) in [7, 11) is -4.19. The molecular weight excluding hydrogens is 506 g/mol. The Hall–Kier alpha value is -3.69. The van der Waals surface area contributed by atoms with Gasteiger partial charge in [-0.15, -0.1) is 0 Å². The quantitative estimate of drug-likeness (QED) is 0.606. The van der Waals surface area contributed by atoms with Gasteiger partial charge in [0.1, 0.15) is 22.6 Å². The van der Waals surface area contributed by atoms with Gasteiger partial charge in [0.25, 0.3) is 5.91 Å². The highest BCUT2D eigenvalue weighted by atomic mass is 32.2. The average Bonchev–Trinajstić information content (AvgIpc) is 3.19. The molecular formula is C25H22F2N4O5S. The van der Waals surface area contributed by atoms with E-state index in [0.29, 0.717) is 24.0 Å². The van der Waals surface area contributed by atoms with Crippen molar-refractivity contribution in [2.24, 2.45) is 0 Å². The number of nitrogens with one attached hydrogen (secondary N) is 1. The molecule has 0 spiro atoms. The molecule has 3 amide bonds. The fourth-order valence-electron chi connectivity index (χ4n) is 5.33. The average molecular weight is 529 g/mol. The van der Waals surface area contributed by atoms with Gasteiger partial charge in [-0.05, 0) is 66.6 Å². The molecule has 0 saturated carbocycles. The number of fused-ring (bicyclic) bond motifs is 1. The first kappa shape index (κ1) is 25.0. The Bertz CT molecular complexity index is 1480. The van der Waals surface area contributed by atoms with Crippen molar-refractivity contribution in [2.75, 3.05) is 13.1 Å². The summed E-state index contributed by atoms with van der Waals surface area (Å²) in [6, 6.07) is 6.59. The first-order chi connectivity index (χ1) is 17.6. The van der Waals surface area contributed by atoms with Crippen molar-refractivity contribution >= 4 is 27.7 Å². The Morgan fingerprint density at radius 1 is 1.03 bits per heavy atom. The summed E-state index contributed by atoms with van der Waals surface area (Å²) in [5.41, 5.74) is 1.35. The minimum Gasteiger partial charge on any atom is -0.322 e. The largest absolute Gasteiger partial charge is 0.322 e. The summed E-state index contributed by atoms with van der Waals surface area (Å²) in [5, 5.41) is 11.3. The molecule has 2 aromatic rings. The van der Waals surface area contributed by atoms with Gasteiger partial charge in [0.15, 0.2) is 0 Å². The number of hydrogen-bond acceptors (Lipinski definition) is 6. The number of hydrogen-bond donors (Lipinski definition) is 1. The van der Waals surface area contributed by atoms with Gasteiger partial charge in [-0.25, -0.2) is 17.2 Å². The number of halogens is 2. The van der Waals surface area contributed by atoms with Gasteiger partial charge in [-0.1, -0.05) is 0 Å². The summed E-state index contributed by atoms with van der Waals surface area (Å²) in [4.78, 5) is 37.7. The van der Waals surface area contributed by atoms with E-state index in [1.807, 2.05) is 0 Å². The predicted molar refractivity (Wildman–Crippen MR) is 124 cm³/mol. The van der Waals surface area contributed by atoms with Crippen molar-refractivity contribution in [1.82, 2.24) is 14.5 Å². The molecule has 1 unspecified atom stereocenters. The highest BCUT2D eigenvalue weighted by molar-refractivity contribution is 7.89. The number of imide groups is 1.